The zero-order chi connectivity index (χ0) is 18.6. The number of rotatable bonds is 4. The largest absolute Gasteiger partial charge is 0.368 e. The fourth-order valence-electron chi connectivity index (χ4n) is 3.41. The molecule has 0 aliphatic carbocycles. The Bertz CT molecular complexity index is 897. The molecule has 138 valence electrons. The molecule has 1 saturated heterocycles. The van der Waals surface area contributed by atoms with Gasteiger partial charge >= 0.3 is 0 Å². The quantitative estimate of drug-likeness (QED) is 0.717. The Hall–Kier alpha value is -3.15. The Balaban J connectivity index is 1.40. The van der Waals surface area contributed by atoms with Crippen molar-refractivity contribution in [3.8, 4) is 0 Å². The van der Waals surface area contributed by atoms with Crippen molar-refractivity contribution in [3.05, 3.63) is 77.6 Å². The zero-order valence-corrected chi connectivity index (χ0v) is 15.5. The summed E-state index contributed by atoms with van der Waals surface area (Å²) in [7, 11) is 0. The van der Waals surface area contributed by atoms with Crippen LogP contribution in [0.5, 0.6) is 0 Å². The van der Waals surface area contributed by atoms with Gasteiger partial charge in [0, 0.05) is 43.6 Å². The number of hydrogen-bond donors (Lipinski definition) is 0. The van der Waals surface area contributed by atoms with Crippen molar-refractivity contribution in [3.63, 3.8) is 0 Å². The monoisotopic (exact) mass is 361 g/mol. The molecule has 3 aromatic rings. The highest BCUT2D eigenvalue weighted by Gasteiger charge is 2.22. The average Bonchev–Trinajstić information content (AvgIpc) is 3.21. The van der Waals surface area contributed by atoms with Gasteiger partial charge < -0.3 is 9.80 Å². The predicted molar refractivity (Wildman–Crippen MR) is 105 cm³/mol. The first-order valence-corrected chi connectivity index (χ1v) is 9.23. The number of aromatic nitrogens is 3. The molecule has 0 spiro atoms. The minimum atomic E-state index is 0.0963. The van der Waals surface area contributed by atoms with E-state index in [1.165, 1.54) is 11.3 Å². The van der Waals surface area contributed by atoms with E-state index in [4.69, 9.17) is 0 Å². The molecule has 1 aromatic heterocycles. The summed E-state index contributed by atoms with van der Waals surface area (Å²) in [6.45, 7) is 5.89. The molecule has 1 amide bonds. The highest BCUT2D eigenvalue weighted by Crippen LogP contribution is 2.18. The Morgan fingerprint density at radius 2 is 1.81 bits per heavy atom. The molecule has 0 unspecified atom stereocenters. The molecule has 6 nitrogen and oxygen atoms in total. The van der Waals surface area contributed by atoms with Gasteiger partial charge in [0.25, 0.3) is 5.91 Å². The topological polar surface area (TPSA) is 54.3 Å². The summed E-state index contributed by atoms with van der Waals surface area (Å²) >= 11 is 0. The third-order valence-electron chi connectivity index (χ3n) is 4.96. The summed E-state index contributed by atoms with van der Waals surface area (Å²) in [5.41, 5.74) is 4.27. The van der Waals surface area contributed by atoms with Gasteiger partial charge in [-0.1, -0.05) is 35.0 Å². The Morgan fingerprint density at radius 1 is 1.04 bits per heavy atom. The number of carbonyl (C=O) groups excluding carboxylic acids is 1. The van der Waals surface area contributed by atoms with Crippen LogP contribution < -0.4 is 4.90 Å². The van der Waals surface area contributed by atoms with Crippen LogP contribution in [0.15, 0.2) is 60.9 Å². The van der Waals surface area contributed by atoms with Crippen LogP contribution in [0.2, 0.25) is 0 Å². The summed E-state index contributed by atoms with van der Waals surface area (Å²) < 4.78 is 1.75. The molecule has 1 fully saturated rings. The fourth-order valence-corrected chi connectivity index (χ4v) is 3.41. The summed E-state index contributed by atoms with van der Waals surface area (Å²) in [5.74, 6) is 0.0963. The molecule has 1 aliphatic heterocycles. The molecule has 1 aliphatic rings. The molecule has 0 radical (unpaired) electrons. The molecule has 4 rings (SSSR count). The van der Waals surface area contributed by atoms with E-state index in [-0.39, 0.29) is 5.91 Å². The number of nitrogens with zero attached hydrogens (tertiary/aromatic N) is 5. The number of aryl methyl sites for hydroxylation is 1. The van der Waals surface area contributed by atoms with E-state index in [1.54, 1.807) is 10.9 Å². The number of carbonyl (C=O) groups is 1. The molecule has 0 saturated carbocycles. The van der Waals surface area contributed by atoms with Gasteiger partial charge in [0.2, 0.25) is 0 Å². The van der Waals surface area contributed by atoms with E-state index in [2.05, 4.69) is 46.4 Å². The van der Waals surface area contributed by atoms with Gasteiger partial charge in [0.05, 0.1) is 12.7 Å². The van der Waals surface area contributed by atoms with Crippen molar-refractivity contribution < 1.29 is 4.79 Å². The molecule has 0 N–H and O–H groups in total. The lowest BCUT2D eigenvalue weighted by Gasteiger charge is -2.36. The van der Waals surface area contributed by atoms with E-state index in [0.29, 0.717) is 6.54 Å². The van der Waals surface area contributed by atoms with Crippen molar-refractivity contribution in [2.75, 3.05) is 31.1 Å². The summed E-state index contributed by atoms with van der Waals surface area (Å²) in [4.78, 5) is 17.2. The minimum absolute atomic E-state index is 0.0963. The number of piperazine rings is 1. The van der Waals surface area contributed by atoms with Gasteiger partial charge in [0.1, 0.15) is 0 Å². The van der Waals surface area contributed by atoms with Crippen LogP contribution in [0.1, 0.15) is 21.5 Å². The van der Waals surface area contributed by atoms with Crippen LogP contribution >= 0.6 is 0 Å². The first-order chi connectivity index (χ1) is 13.2. The smallest absolute Gasteiger partial charge is 0.253 e. The predicted octanol–water partition coefficient (Wildman–Crippen LogP) is 2.60. The third kappa shape index (κ3) is 4.00. The van der Waals surface area contributed by atoms with Gasteiger partial charge in [-0.25, -0.2) is 4.68 Å². The maximum atomic E-state index is 12.9. The van der Waals surface area contributed by atoms with Crippen molar-refractivity contribution >= 4 is 11.6 Å². The van der Waals surface area contributed by atoms with E-state index >= 15 is 0 Å². The second-order valence-corrected chi connectivity index (χ2v) is 6.92. The lowest BCUT2D eigenvalue weighted by Crippen LogP contribution is -2.48. The number of anilines is 1. The first kappa shape index (κ1) is 17.3. The molecular weight excluding hydrogens is 338 g/mol. The maximum absolute atomic E-state index is 12.9. The van der Waals surface area contributed by atoms with Crippen molar-refractivity contribution in [2.45, 2.75) is 13.5 Å². The molecule has 2 aromatic carbocycles. The second-order valence-electron chi connectivity index (χ2n) is 6.92. The highest BCUT2D eigenvalue weighted by molar-refractivity contribution is 5.94. The van der Waals surface area contributed by atoms with E-state index in [0.717, 1.165) is 37.3 Å². The maximum Gasteiger partial charge on any atom is 0.253 e. The molecular formula is C21H23N5O. The van der Waals surface area contributed by atoms with Gasteiger partial charge in [0.15, 0.2) is 0 Å². The van der Waals surface area contributed by atoms with E-state index < -0.39 is 0 Å². The molecule has 0 atom stereocenters. The van der Waals surface area contributed by atoms with Gasteiger partial charge in [-0.15, -0.1) is 5.10 Å². The standard InChI is InChI=1S/C21H23N5O/c1-17-5-7-20(8-6-17)24-11-13-25(14-12-24)21(27)19-4-2-3-18(15-19)16-26-10-9-22-23-26/h2-10,15H,11-14,16H2,1H3. The van der Waals surface area contributed by atoms with Crippen LogP contribution in [0.3, 0.4) is 0 Å². The molecule has 6 heteroatoms. The molecule has 0 bridgehead atoms. The summed E-state index contributed by atoms with van der Waals surface area (Å²) in [5, 5.41) is 7.80. The highest BCUT2D eigenvalue weighted by atomic mass is 16.2. The molecule has 27 heavy (non-hydrogen) atoms. The van der Waals surface area contributed by atoms with Gasteiger partial charge in [-0.2, -0.15) is 0 Å². The number of benzene rings is 2. The average molecular weight is 361 g/mol. The number of hydrogen-bond acceptors (Lipinski definition) is 4. The number of amides is 1. The lowest BCUT2D eigenvalue weighted by molar-refractivity contribution is 0.0746. The zero-order valence-electron chi connectivity index (χ0n) is 15.5. The fraction of sp³-hybridized carbons (Fsp3) is 0.286. The van der Waals surface area contributed by atoms with Crippen LogP contribution in [0, 0.1) is 6.92 Å². The van der Waals surface area contributed by atoms with E-state index in [9.17, 15) is 4.79 Å². The lowest BCUT2D eigenvalue weighted by atomic mass is 10.1. The van der Waals surface area contributed by atoms with Gasteiger partial charge in [-0.3, -0.25) is 4.79 Å². The van der Waals surface area contributed by atoms with Gasteiger partial charge in [-0.05, 0) is 36.8 Å². The molecule has 2 heterocycles. The minimum Gasteiger partial charge on any atom is -0.368 e. The SMILES string of the molecule is Cc1ccc(N2CCN(C(=O)c3cccc(Cn4ccnn4)c3)CC2)cc1. The normalized spacial score (nSPS) is 14.4. The second kappa shape index (κ2) is 7.61. The van der Waals surface area contributed by atoms with Crippen molar-refractivity contribution in [1.82, 2.24) is 19.9 Å². The summed E-state index contributed by atoms with van der Waals surface area (Å²) in [6, 6.07) is 16.4. The third-order valence-corrected chi connectivity index (χ3v) is 4.96. The van der Waals surface area contributed by atoms with Crippen molar-refractivity contribution in [2.24, 2.45) is 0 Å². The van der Waals surface area contributed by atoms with Crippen LogP contribution in [-0.4, -0.2) is 52.0 Å². The Labute approximate surface area is 159 Å². The Kier molecular flexibility index (Phi) is 4.87. The first-order valence-electron chi connectivity index (χ1n) is 9.23. The van der Waals surface area contributed by atoms with Crippen LogP contribution in [0.25, 0.3) is 0 Å². The van der Waals surface area contributed by atoms with Crippen LogP contribution in [-0.2, 0) is 6.54 Å². The van der Waals surface area contributed by atoms with E-state index in [1.807, 2.05) is 35.4 Å². The van der Waals surface area contributed by atoms with Crippen molar-refractivity contribution in [1.29, 1.82) is 0 Å². The summed E-state index contributed by atoms with van der Waals surface area (Å²) in [6.07, 6.45) is 3.47. The Morgan fingerprint density at radius 3 is 2.52 bits per heavy atom. The van der Waals surface area contributed by atoms with Crippen LogP contribution in [0.4, 0.5) is 5.69 Å².